The van der Waals surface area contributed by atoms with Crippen LogP contribution in [0.4, 0.5) is 0 Å². The summed E-state index contributed by atoms with van der Waals surface area (Å²) in [6, 6.07) is 7.95. The van der Waals surface area contributed by atoms with E-state index in [4.69, 9.17) is 4.74 Å². The van der Waals surface area contributed by atoms with Gasteiger partial charge in [-0.05, 0) is 56.2 Å². The van der Waals surface area contributed by atoms with Gasteiger partial charge in [-0.2, -0.15) is 0 Å². The Labute approximate surface area is 173 Å². The maximum Gasteiger partial charge on any atom is 0.308 e. The molecule has 0 bridgehead atoms. The molecule has 3 rings (SSSR count). The van der Waals surface area contributed by atoms with E-state index in [1.165, 1.54) is 5.70 Å². The highest BCUT2D eigenvalue weighted by Crippen LogP contribution is 2.36. The summed E-state index contributed by atoms with van der Waals surface area (Å²) in [6.07, 6.45) is 9.73. The van der Waals surface area contributed by atoms with Crippen molar-refractivity contribution in [3.63, 3.8) is 0 Å². The molecule has 0 radical (unpaired) electrons. The first-order chi connectivity index (χ1) is 14.0. The first kappa shape index (κ1) is 21.2. The predicted octanol–water partition coefficient (Wildman–Crippen LogP) is 4.25. The molecule has 0 fully saturated rings. The van der Waals surface area contributed by atoms with Gasteiger partial charge in [-0.1, -0.05) is 36.4 Å². The molecule has 1 aliphatic carbocycles. The van der Waals surface area contributed by atoms with Crippen molar-refractivity contribution in [3.05, 3.63) is 59.3 Å². The number of rotatable bonds is 7. The minimum atomic E-state index is -0.776. The second-order valence-corrected chi connectivity index (χ2v) is 7.70. The molecule has 1 heterocycles. The van der Waals surface area contributed by atoms with Crippen LogP contribution < -0.4 is 4.74 Å². The lowest BCUT2D eigenvalue weighted by Gasteiger charge is -2.40. The Hall–Kier alpha value is -2.53. The molecular formula is C24H31NO4. The van der Waals surface area contributed by atoms with Gasteiger partial charge in [0.05, 0.1) is 19.1 Å². The fourth-order valence-electron chi connectivity index (χ4n) is 4.37. The van der Waals surface area contributed by atoms with Crippen molar-refractivity contribution >= 4 is 11.5 Å². The molecule has 0 amide bonds. The Bertz CT molecular complexity index is 824. The zero-order chi connectivity index (χ0) is 20.8. The fraction of sp³-hybridized carbons (Fsp3) is 0.458. The first-order valence-corrected chi connectivity index (χ1v) is 10.4. The maximum absolute atomic E-state index is 11.6. The molecule has 1 aromatic carbocycles. The van der Waals surface area contributed by atoms with Crippen molar-refractivity contribution in [1.82, 2.24) is 4.90 Å². The monoisotopic (exact) mass is 397 g/mol. The second-order valence-electron chi connectivity index (χ2n) is 7.70. The van der Waals surface area contributed by atoms with Gasteiger partial charge in [0.25, 0.3) is 0 Å². The number of aliphatic hydroxyl groups is 1. The molecule has 0 aromatic heterocycles. The highest BCUT2D eigenvalue weighted by Gasteiger charge is 2.34. The van der Waals surface area contributed by atoms with Gasteiger partial charge in [-0.15, -0.1) is 0 Å². The number of carboxylic acids is 1. The summed E-state index contributed by atoms with van der Waals surface area (Å²) in [4.78, 5) is 13.8. The number of para-hydroxylation sites is 1. The lowest BCUT2D eigenvalue weighted by atomic mass is 9.83. The molecule has 2 atom stereocenters. The van der Waals surface area contributed by atoms with Gasteiger partial charge in [0.1, 0.15) is 5.75 Å². The van der Waals surface area contributed by atoms with Gasteiger partial charge in [-0.3, -0.25) is 4.79 Å². The van der Waals surface area contributed by atoms with Crippen LogP contribution in [0.3, 0.4) is 0 Å². The van der Waals surface area contributed by atoms with Crippen molar-refractivity contribution in [2.45, 2.75) is 45.1 Å². The molecule has 2 N–H and O–H groups in total. The quantitative estimate of drug-likeness (QED) is 0.673. The van der Waals surface area contributed by atoms with Gasteiger partial charge < -0.3 is 19.8 Å². The molecular weight excluding hydrogens is 366 g/mol. The molecule has 1 aromatic rings. The molecule has 2 unspecified atom stereocenters. The van der Waals surface area contributed by atoms with E-state index in [0.717, 1.165) is 54.7 Å². The topological polar surface area (TPSA) is 70.0 Å². The largest absolute Gasteiger partial charge is 0.496 e. The minimum Gasteiger partial charge on any atom is -0.496 e. The summed E-state index contributed by atoms with van der Waals surface area (Å²) in [6.45, 7) is 3.29. The van der Waals surface area contributed by atoms with Crippen LogP contribution in [0, 0.1) is 5.92 Å². The zero-order valence-electron chi connectivity index (χ0n) is 17.3. The number of hydrogen-bond acceptors (Lipinski definition) is 4. The smallest absolute Gasteiger partial charge is 0.308 e. The summed E-state index contributed by atoms with van der Waals surface area (Å²) >= 11 is 0. The SMILES string of the molecule is C/C=C(\C=C/CCN1CC(C(=O)O)CC2=C1CCCC2O)c1ccccc1OC. The lowest BCUT2D eigenvalue weighted by Crippen LogP contribution is -2.41. The second kappa shape index (κ2) is 9.79. The van der Waals surface area contributed by atoms with E-state index in [1.807, 2.05) is 31.2 Å². The van der Waals surface area contributed by atoms with Crippen molar-refractivity contribution in [1.29, 1.82) is 0 Å². The Morgan fingerprint density at radius 1 is 1.34 bits per heavy atom. The molecule has 29 heavy (non-hydrogen) atoms. The molecule has 1 aliphatic heterocycles. The molecule has 0 saturated carbocycles. The Kier molecular flexibility index (Phi) is 7.15. The number of allylic oxidation sites excluding steroid dienone is 4. The Morgan fingerprint density at radius 2 is 2.14 bits per heavy atom. The van der Waals surface area contributed by atoms with Crippen molar-refractivity contribution in [2.75, 3.05) is 20.2 Å². The Morgan fingerprint density at radius 3 is 2.86 bits per heavy atom. The van der Waals surface area contributed by atoms with Crippen LogP contribution >= 0.6 is 0 Å². The first-order valence-electron chi connectivity index (χ1n) is 10.4. The van der Waals surface area contributed by atoms with Crippen LogP contribution in [-0.2, 0) is 4.79 Å². The van der Waals surface area contributed by atoms with Crippen molar-refractivity contribution < 1.29 is 19.7 Å². The summed E-state index contributed by atoms with van der Waals surface area (Å²) in [5.41, 5.74) is 4.27. The Balaban J connectivity index is 1.69. The number of aliphatic carboxylic acids is 1. The van der Waals surface area contributed by atoms with Crippen LogP contribution in [0.15, 0.2) is 53.8 Å². The number of benzene rings is 1. The van der Waals surface area contributed by atoms with Crippen LogP contribution in [0.1, 0.15) is 44.6 Å². The van der Waals surface area contributed by atoms with E-state index in [0.29, 0.717) is 13.0 Å². The summed E-state index contributed by atoms with van der Waals surface area (Å²) in [5.74, 6) is -0.371. The highest BCUT2D eigenvalue weighted by molar-refractivity contribution is 5.77. The van der Waals surface area contributed by atoms with E-state index in [2.05, 4.69) is 23.1 Å². The van der Waals surface area contributed by atoms with Gasteiger partial charge in [-0.25, -0.2) is 0 Å². The number of ether oxygens (including phenoxy) is 1. The minimum absolute atomic E-state index is 0.440. The third-order valence-electron chi connectivity index (χ3n) is 5.89. The number of carbonyl (C=O) groups is 1. The van der Waals surface area contributed by atoms with E-state index < -0.39 is 18.0 Å². The number of hydrogen-bond donors (Lipinski definition) is 2. The van der Waals surface area contributed by atoms with E-state index in [9.17, 15) is 15.0 Å². The molecule has 156 valence electrons. The average molecular weight is 398 g/mol. The molecule has 0 saturated heterocycles. The van der Waals surface area contributed by atoms with Gasteiger partial charge in [0.15, 0.2) is 0 Å². The maximum atomic E-state index is 11.6. The molecule has 2 aliphatic rings. The van der Waals surface area contributed by atoms with E-state index in [-0.39, 0.29) is 0 Å². The van der Waals surface area contributed by atoms with Crippen LogP contribution in [0.25, 0.3) is 5.57 Å². The average Bonchev–Trinajstić information content (AvgIpc) is 2.74. The highest BCUT2D eigenvalue weighted by atomic mass is 16.5. The number of methoxy groups -OCH3 is 1. The summed E-state index contributed by atoms with van der Waals surface area (Å²) in [5, 5.41) is 19.9. The van der Waals surface area contributed by atoms with E-state index in [1.54, 1.807) is 7.11 Å². The third-order valence-corrected chi connectivity index (χ3v) is 5.89. The molecule has 5 heteroatoms. The number of aliphatic hydroxyl groups excluding tert-OH is 1. The normalized spacial score (nSPS) is 22.7. The van der Waals surface area contributed by atoms with Crippen LogP contribution in [0.2, 0.25) is 0 Å². The standard InChI is InChI=1S/C24H31NO4/c1-3-17(19-10-4-5-13-23(19)29-2)9-6-7-14-25-16-18(24(27)28)15-20-21(25)11-8-12-22(20)26/h3-6,9-10,13,18,22,26H,7-8,11-12,14-16H2,1-2H3,(H,27,28)/b9-6-,17-3+. The van der Waals surface area contributed by atoms with Crippen molar-refractivity contribution in [2.24, 2.45) is 5.92 Å². The summed E-state index contributed by atoms with van der Waals surface area (Å²) in [7, 11) is 1.68. The van der Waals surface area contributed by atoms with Crippen LogP contribution in [-0.4, -0.2) is 47.4 Å². The molecule has 5 nitrogen and oxygen atoms in total. The van der Waals surface area contributed by atoms with Crippen molar-refractivity contribution in [3.8, 4) is 5.75 Å². The van der Waals surface area contributed by atoms with Crippen LogP contribution in [0.5, 0.6) is 5.75 Å². The number of nitrogens with zero attached hydrogens (tertiary/aromatic N) is 1. The zero-order valence-corrected chi connectivity index (χ0v) is 17.3. The van der Waals surface area contributed by atoms with Gasteiger partial charge >= 0.3 is 5.97 Å². The predicted molar refractivity (Wildman–Crippen MR) is 115 cm³/mol. The molecule has 0 spiro atoms. The lowest BCUT2D eigenvalue weighted by molar-refractivity contribution is -0.142. The van der Waals surface area contributed by atoms with Gasteiger partial charge in [0, 0.05) is 24.4 Å². The van der Waals surface area contributed by atoms with E-state index >= 15 is 0 Å². The summed E-state index contributed by atoms with van der Waals surface area (Å²) < 4.78 is 5.46. The third kappa shape index (κ3) is 4.91. The number of carboxylic acid groups (broad SMARTS) is 1. The van der Waals surface area contributed by atoms with Gasteiger partial charge in [0.2, 0.25) is 0 Å². The fourth-order valence-corrected chi connectivity index (χ4v) is 4.37.